The van der Waals surface area contributed by atoms with E-state index in [1.165, 1.54) is 0 Å². The molecule has 1 atom stereocenters. The Hall–Kier alpha value is -0.130. The predicted octanol–water partition coefficient (Wildman–Crippen LogP) is 0.898. The molecule has 0 spiro atoms. The third-order valence-electron chi connectivity index (χ3n) is 2.05. The third-order valence-corrected chi connectivity index (χ3v) is 2.85. The highest BCUT2D eigenvalue weighted by molar-refractivity contribution is 7.85. The first-order chi connectivity index (χ1) is 5.83. The molecule has 0 saturated heterocycles. The molecule has 0 aromatic heterocycles. The van der Waals surface area contributed by atoms with E-state index in [1.807, 2.05) is 0 Å². The van der Waals surface area contributed by atoms with Crippen molar-refractivity contribution in [3.05, 3.63) is 0 Å². The normalized spacial score (nSPS) is 14.8. The van der Waals surface area contributed by atoms with Crippen molar-refractivity contribution in [2.45, 2.75) is 33.2 Å². The molecule has 0 heterocycles. The van der Waals surface area contributed by atoms with Crippen LogP contribution in [0.2, 0.25) is 0 Å². The van der Waals surface area contributed by atoms with Crippen LogP contribution in [0.4, 0.5) is 0 Å². The van der Waals surface area contributed by atoms with Gasteiger partial charge in [0.1, 0.15) is 0 Å². The minimum atomic E-state index is -3.78. The summed E-state index contributed by atoms with van der Waals surface area (Å²) in [6, 6.07) is 0.376. The Morgan fingerprint density at radius 3 is 2.23 bits per heavy atom. The van der Waals surface area contributed by atoms with Crippen LogP contribution < -0.4 is 5.32 Å². The Kier molecular flexibility index (Phi) is 5.51. The van der Waals surface area contributed by atoms with Crippen molar-refractivity contribution in [1.82, 2.24) is 5.32 Å². The summed E-state index contributed by atoms with van der Waals surface area (Å²) in [6.07, 6.45) is 0.454. The van der Waals surface area contributed by atoms with Crippen LogP contribution in [-0.2, 0) is 10.1 Å². The van der Waals surface area contributed by atoms with Gasteiger partial charge < -0.3 is 5.32 Å². The Morgan fingerprint density at radius 2 is 1.85 bits per heavy atom. The highest BCUT2D eigenvalue weighted by atomic mass is 32.2. The molecule has 13 heavy (non-hydrogen) atoms. The summed E-state index contributed by atoms with van der Waals surface area (Å²) in [5, 5.41) is 3.18. The number of hydrogen-bond donors (Lipinski definition) is 2. The molecule has 0 rings (SSSR count). The molecule has 0 bridgehead atoms. The zero-order valence-corrected chi connectivity index (χ0v) is 9.26. The molecule has 0 amide bonds. The Morgan fingerprint density at radius 1 is 1.31 bits per heavy atom. The molecule has 0 radical (unpaired) electrons. The molecule has 4 nitrogen and oxygen atoms in total. The van der Waals surface area contributed by atoms with Gasteiger partial charge in [-0.15, -0.1) is 0 Å². The van der Waals surface area contributed by atoms with Crippen molar-refractivity contribution in [3.8, 4) is 0 Å². The van der Waals surface area contributed by atoms with E-state index in [2.05, 4.69) is 26.1 Å². The average molecular weight is 209 g/mol. The van der Waals surface area contributed by atoms with Gasteiger partial charge >= 0.3 is 0 Å². The topological polar surface area (TPSA) is 66.4 Å². The van der Waals surface area contributed by atoms with Crippen molar-refractivity contribution >= 4 is 10.1 Å². The van der Waals surface area contributed by atoms with Crippen molar-refractivity contribution in [3.63, 3.8) is 0 Å². The van der Waals surface area contributed by atoms with Crippen molar-refractivity contribution in [2.75, 3.05) is 12.3 Å². The highest BCUT2D eigenvalue weighted by Gasteiger charge is 2.07. The van der Waals surface area contributed by atoms with Crippen LogP contribution in [0.15, 0.2) is 0 Å². The minimum Gasteiger partial charge on any atom is -0.314 e. The Labute approximate surface area is 80.5 Å². The zero-order valence-electron chi connectivity index (χ0n) is 8.45. The fraction of sp³-hybridized carbons (Fsp3) is 1.00. The van der Waals surface area contributed by atoms with E-state index < -0.39 is 10.1 Å². The molecule has 0 fully saturated rings. The van der Waals surface area contributed by atoms with Gasteiger partial charge in [-0.25, -0.2) is 0 Å². The second kappa shape index (κ2) is 5.57. The molecule has 0 aliphatic rings. The lowest BCUT2D eigenvalue weighted by atomic mass is 10.1. The van der Waals surface area contributed by atoms with Crippen molar-refractivity contribution in [2.24, 2.45) is 5.92 Å². The molecule has 5 heteroatoms. The molecule has 80 valence electrons. The number of hydrogen-bond acceptors (Lipinski definition) is 3. The maximum atomic E-state index is 10.3. The standard InChI is InChI=1S/C8H19NO3S/c1-7(2)8(3)9-5-4-6-13(10,11)12/h7-9H,4-6H2,1-3H3,(H,10,11,12)/t8-/m1/s1. The first-order valence-corrected chi connectivity index (χ1v) is 6.12. The van der Waals surface area contributed by atoms with E-state index in [0.29, 0.717) is 24.9 Å². The van der Waals surface area contributed by atoms with Gasteiger partial charge in [0.2, 0.25) is 0 Å². The fourth-order valence-corrected chi connectivity index (χ4v) is 1.33. The fourth-order valence-electron chi connectivity index (χ4n) is 0.820. The van der Waals surface area contributed by atoms with Crippen LogP contribution in [-0.4, -0.2) is 31.3 Å². The number of nitrogens with one attached hydrogen (secondary N) is 1. The third kappa shape index (κ3) is 8.21. The molecular formula is C8H19NO3S. The van der Waals surface area contributed by atoms with Gasteiger partial charge in [0.05, 0.1) is 5.75 Å². The maximum Gasteiger partial charge on any atom is 0.264 e. The van der Waals surface area contributed by atoms with Crippen molar-refractivity contribution in [1.29, 1.82) is 0 Å². The molecule has 0 aromatic rings. The molecular weight excluding hydrogens is 190 g/mol. The minimum absolute atomic E-state index is 0.162. The second-order valence-electron chi connectivity index (χ2n) is 3.63. The van der Waals surface area contributed by atoms with E-state index in [0.717, 1.165) is 0 Å². The summed E-state index contributed by atoms with van der Waals surface area (Å²) in [5.74, 6) is 0.371. The van der Waals surface area contributed by atoms with Gasteiger partial charge in [-0.05, 0) is 25.8 Å². The zero-order chi connectivity index (χ0) is 10.5. The number of rotatable bonds is 6. The van der Waals surface area contributed by atoms with Gasteiger partial charge in [0.25, 0.3) is 10.1 Å². The van der Waals surface area contributed by atoms with E-state index >= 15 is 0 Å². The monoisotopic (exact) mass is 209 g/mol. The molecule has 0 unspecified atom stereocenters. The van der Waals surface area contributed by atoms with Crippen LogP contribution in [0, 0.1) is 5.92 Å². The molecule has 0 aromatic carbocycles. The first-order valence-electron chi connectivity index (χ1n) is 4.51. The largest absolute Gasteiger partial charge is 0.314 e. The van der Waals surface area contributed by atoms with Crippen LogP contribution in [0.25, 0.3) is 0 Å². The van der Waals surface area contributed by atoms with Crippen LogP contribution in [0.1, 0.15) is 27.2 Å². The highest BCUT2D eigenvalue weighted by Crippen LogP contribution is 1.99. The first kappa shape index (κ1) is 12.9. The summed E-state index contributed by atoms with van der Waals surface area (Å²) in [7, 11) is -3.78. The lowest BCUT2D eigenvalue weighted by Gasteiger charge is -2.16. The van der Waals surface area contributed by atoms with Crippen LogP contribution in [0.3, 0.4) is 0 Å². The van der Waals surface area contributed by atoms with E-state index in [-0.39, 0.29) is 5.75 Å². The summed E-state index contributed by atoms with van der Waals surface area (Å²) >= 11 is 0. The van der Waals surface area contributed by atoms with Gasteiger partial charge in [-0.1, -0.05) is 13.8 Å². The predicted molar refractivity (Wildman–Crippen MR) is 53.3 cm³/mol. The van der Waals surface area contributed by atoms with Gasteiger partial charge in [0.15, 0.2) is 0 Å². The Balaban J connectivity index is 3.47. The van der Waals surface area contributed by atoms with Gasteiger partial charge in [-0.3, -0.25) is 4.55 Å². The van der Waals surface area contributed by atoms with Gasteiger partial charge in [-0.2, -0.15) is 8.42 Å². The average Bonchev–Trinajstić information content (AvgIpc) is 1.95. The van der Waals surface area contributed by atoms with Crippen molar-refractivity contribution < 1.29 is 13.0 Å². The smallest absolute Gasteiger partial charge is 0.264 e. The Bertz CT molecular complexity index is 224. The van der Waals surface area contributed by atoms with E-state index in [4.69, 9.17) is 4.55 Å². The summed E-state index contributed by atoms with van der Waals surface area (Å²) in [4.78, 5) is 0. The lowest BCUT2D eigenvalue weighted by molar-refractivity contribution is 0.425. The SMILES string of the molecule is CC(C)[C@@H](C)NCCCS(=O)(=O)O. The summed E-state index contributed by atoms with van der Waals surface area (Å²) in [6.45, 7) is 6.87. The van der Waals surface area contributed by atoms with Gasteiger partial charge in [0, 0.05) is 6.04 Å². The molecule has 0 aliphatic heterocycles. The molecule has 2 N–H and O–H groups in total. The second-order valence-corrected chi connectivity index (χ2v) is 5.20. The van der Waals surface area contributed by atoms with E-state index in [9.17, 15) is 8.42 Å². The quantitative estimate of drug-likeness (QED) is 0.504. The van der Waals surface area contributed by atoms with Crippen LogP contribution >= 0.6 is 0 Å². The summed E-state index contributed by atoms with van der Waals surface area (Å²) < 4.78 is 29.1. The van der Waals surface area contributed by atoms with E-state index in [1.54, 1.807) is 0 Å². The summed E-state index contributed by atoms with van der Waals surface area (Å²) in [5.41, 5.74) is 0. The molecule has 0 saturated carbocycles. The maximum absolute atomic E-state index is 10.3. The molecule has 0 aliphatic carbocycles. The lowest BCUT2D eigenvalue weighted by Crippen LogP contribution is -2.32. The van der Waals surface area contributed by atoms with Crippen LogP contribution in [0.5, 0.6) is 0 Å².